The van der Waals surface area contributed by atoms with Crippen molar-refractivity contribution in [2.75, 3.05) is 5.73 Å². The number of nitrogen functional groups attached to an aromatic ring is 1. The van der Waals surface area contributed by atoms with Gasteiger partial charge in [-0.25, -0.2) is 0 Å². The Bertz CT molecular complexity index is 1040. The Labute approximate surface area is 162 Å². The predicted molar refractivity (Wildman–Crippen MR) is 115 cm³/mol. The molecule has 0 heterocycles. The molecule has 0 radical (unpaired) electrons. The molecule has 0 aliphatic rings. The Morgan fingerprint density at radius 3 is 1.77 bits per heavy atom. The van der Waals surface area contributed by atoms with Crippen LogP contribution in [0.5, 0.6) is 0 Å². The Morgan fingerprint density at radius 1 is 0.500 bits per heavy atom. The molecule has 2 N–H and O–H groups in total. The van der Waals surface area contributed by atoms with E-state index in [0.717, 1.165) is 21.3 Å². The summed E-state index contributed by atoms with van der Waals surface area (Å²) in [6, 6.07) is 33.4. The molecule has 0 bridgehead atoms. The van der Waals surface area contributed by atoms with Crippen LogP contribution >= 0.6 is 15.9 Å². The standard InChI is InChI=1S/C24H18BrN/c25-24-15-19(17-7-3-1-4-8-17)11-13-22(24)23-16-20(26)12-14-21(23)18-9-5-2-6-10-18/h1-16H,26H2. The lowest BCUT2D eigenvalue weighted by atomic mass is 9.93. The van der Waals surface area contributed by atoms with E-state index in [1.54, 1.807) is 0 Å². The van der Waals surface area contributed by atoms with Crippen LogP contribution in [-0.4, -0.2) is 0 Å². The molecule has 1 nitrogen and oxygen atoms in total. The van der Waals surface area contributed by atoms with Gasteiger partial charge in [-0.3, -0.25) is 0 Å². The van der Waals surface area contributed by atoms with E-state index >= 15 is 0 Å². The molecule has 0 unspecified atom stereocenters. The molecular formula is C24H18BrN. The second-order valence-electron chi connectivity index (χ2n) is 6.23. The molecule has 0 aliphatic carbocycles. The maximum Gasteiger partial charge on any atom is 0.0320 e. The smallest absolute Gasteiger partial charge is 0.0320 e. The second kappa shape index (κ2) is 7.19. The van der Waals surface area contributed by atoms with Crippen molar-refractivity contribution in [2.45, 2.75) is 0 Å². The number of halogens is 1. The van der Waals surface area contributed by atoms with E-state index in [9.17, 15) is 0 Å². The highest BCUT2D eigenvalue weighted by atomic mass is 79.9. The van der Waals surface area contributed by atoms with Gasteiger partial charge in [0.15, 0.2) is 0 Å². The van der Waals surface area contributed by atoms with Gasteiger partial charge in [0.2, 0.25) is 0 Å². The van der Waals surface area contributed by atoms with Crippen LogP contribution in [0.4, 0.5) is 5.69 Å². The minimum atomic E-state index is 0.763. The van der Waals surface area contributed by atoms with Crippen molar-refractivity contribution in [3.05, 3.63) is 102 Å². The lowest BCUT2D eigenvalue weighted by Gasteiger charge is -2.14. The zero-order valence-corrected chi connectivity index (χ0v) is 15.8. The van der Waals surface area contributed by atoms with Crippen LogP contribution in [-0.2, 0) is 0 Å². The van der Waals surface area contributed by atoms with Crippen LogP contribution in [0.3, 0.4) is 0 Å². The highest BCUT2D eigenvalue weighted by Crippen LogP contribution is 2.39. The van der Waals surface area contributed by atoms with Crippen molar-refractivity contribution in [3.63, 3.8) is 0 Å². The largest absolute Gasteiger partial charge is 0.399 e. The van der Waals surface area contributed by atoms with Gasteiger partial charge in [0, 0.05) is 10.2 Å². The number of anilines is 1. The first-order chi connectivity index (χ1) is 12.7. The molecule has 2 heteroatoms. The summed E-state index contributed by atoms with van der Waals surface area (Å²) in [6.07, 6.45) is 0. The molecule has 0 fully saturated rings. The fourth-order valence-electron chi connectivity index (χ4n) is 3.20. The zero-order chi connectivity index (χ0) is 17.9. The summed E-state index contributed by atoms with van der Waals surface area (Å²) >= 11 is 3.77. The van der Waals surface area contributed by atoms with Crippen molar-refractivity contribution in [1.82, 2.24) is 0 Å². The van der Waals surface area contributed by atoms with Crippen LogP contribution in [0.25, 0.3) is 33.4 Å². The average Bonchev–Trinajstić information content (AvgIpc) is 2.69. The van der Waals surface area contributed by atoms with E-state index in [4.69, 9.17) is 5.73 Å². The number of benzene rings is 4. The highest BCUT2D eigenvalue weighted by Gasteiger charge is 2.12. The number of nitrogens with two attached hydrogens (primary N) is 1. The Kier molecular flexibility index (Phi) is 4.59. The maximum atomic E-state index is 6.10. The van der Waals surface area contributed by atoms with E-state index in [2.05, 4.69) is 88.7 Å². The van der Waals surface area contributed by atoms with Gasteiger partial charge in [0.1, 0.15) is 0 Å². The minimum Gasteiger partial charge on any atom is -0.399 e. The minimum absolute atomic E-state index is 0.763. The van der Waals surface area contributed by atoms with Gasteiger partial charge in [-0.05, 0) is 51.6 Å². The van der Waals surface area contributed by atoms with Gasteiger partial charge in [-0.15, -0.1) is 0 Å². The summed E-state index contributed by atoms with van der Waals surface area (Å²) in [4.78, 5) is 0. The summed E-state index contributed by atoms with van der Waals surface area (Å²) < 4.78 is 1.06. The van der Waals surface area contributed by atoms with Crippen LogP contribution in [0, 0.1) is 0 Å². The highest BCUT2D eigenvalue weighted by molar-refractivity contribution is 9.10. The third-order valence-electron chi connectivity index (χ3n) is 4.49. The summed E-state index contributed by atoms with van der Waals surface area (Å²) in [7, 11) is 0. The monoisotopic (exact) mass is 399 g/mol. The van der Waals surface area contributed by atoms with Gasteiger partial charge >= 0.3 is 0 Å². The van der Waals surface area contributed by atoms with E-state index in [1.165, 1.54) is 22.3 Å². The molecule has 126 valence electrons. The molecule has 0 aromatic heterocycles. The summed E-state index contributed by atoms with van der Waals surface area (Å²) in [6.45, 7) is 0. The van der Waals surface area contributed by atoms with Crippen molar-refractivity contribution in [2.24, 2.45) is 0 Å². The molecule has 0 amide bonds. The molecule has 0 saturated carbocycles. The molecule has 26 heavy (non-hydrogen) atoms. The van der Waals surface area contributed by atoms with Crippen LogP contribution in [0.1, 0.15) is 0 Å². The number of rotatable bonds is 3. The SMILES string of the molecule is Nc1ccc(-c2ccccc2)c(-c2ccc(-c3ccccc3)cc2Br)c1. The van der Waals surface area contributed by atoms with Crippen molar-refractivity contribution in [3.8, 4) is 33.4 Å². The number of hydrogen-bond donors (Lipinski definition) is 1. The second-order valence-corrected chi connectivity index (χ2v) is 7.09. The lowest BCUT2D eigenvalue weighted by molar-refractivity contribution is 1.54. The van der Waals surface area contributed by atoms with Crippen molar-refractivity contribution >= 4 is 21.6 Å². The summed E-state index contributed by atoms with van der Waals surface area (Å²) in [5, 5.41) is 0. The first-order valence-corrected chi connectivity index (χ1v) is 9.32. The lowest BCUT2D eigenvalue weighted by Crippen LogP contribution is -1.91. The van der Waals surface area contributed by atoms with E-state index in [0.29, 0.717) is 0 Å². The van der Waals surface area contributed by atoms with Gasteiger partial charge in [-0.1, -0.05) is 94.8 Å². The third kappa shape index (κ3) is 3.29. The molecule has 4 aromatic carbocycles. The average molecular weight is 400 g/mol. The Balaban J connectivity index is 1.85. The topological polar surface area (TPSA) is 26.0 Å². The molecule has 4 rings (SSSR count). The molecule has 0 aliphatic heterocycles. The maximum absolute atomic E-state index is 6.10. The van der Waals surface area contributed by atoms with Crippen LogP contribution in [0.2, 0.25) is 0 Å². The first-order valence-electron chi connectivity index (χ1n) is 8.53. The van der Waals surface area contributed by atoms with Gasteiger partial charge in [0.25, 0.3) is 0 Å². The quantitative estimate of drug-likeness (QED) is 0.367. The van der Waals surface area contributed by atoms with Gasteiger partial charge in [0.05, 0.1) is 0 Å². The van der Waals surface area contributed by atoms with Crippen molar-refractivity contribution in [1.29, 1.82) is 0 Å². The van der Waals surface area contributed by atoms with Crippen LogP contribution < -0.4 is 5.73 Å². The van der Waals surface area contributed by atoms with Gasteiger partial charge in [-0.2, -0.15) is 0 Å². The van der Waals surface area contributed by atoms with E-state index in [-0.39, 0.29) is 0 Å². The Morgan fingerprint density at radius 2 is 1.12 bits per heavy atom. The van der Waals surface area contributed by atoms with Crippen molar-refractivity contribution < 1.29 is 0 Å². The molecule has 0 saturated heterocycles. The van der Waals surface area contributed by atoms with E-state index in [1.807, 2.05) is 24.3 Å². The number of hydrogen-bond acceptors (Lipinski definition) is 1. The fraction of sp³-hybridized carbons (Fsp3) is 0. The summed E-state index contributed by atoms with van der Waals surface area (Å²) in [5.74, 6) is 0. The van der Waals surface area contributed by atoms with Gasteiger partial charge < -0.3 is 5.73 Å². The van der Waals surface area contributed by atoms with Crippen LogP contribution in [0.15, 0.2) is 102 Å². The molecule has 4 aromatic rings. The third-order valence-corrected chi connectivity index (χ3v) is 5.15. The Hall–Kier alpha value is -2.84. The molecule has 0 atom stereocenters. The normalized spacial score (nSPS) is 10.7. The first kappa shape index (κ1) is 16.6. The zero-order valence-electron chi connectivity index (χ0n) is 14.2. The van der Waals surface area contributed by atoms with E-state index < -0.39 is 0 Å². The fourth-order valence-corrected chi connectivity index (χ4v) is 3.79. The molecular weight excluding hydrogens is 382 g/mol. The predicted octanol–water partition coefficient (Wildman–Crippen LogP) is 7.03. The summed E-state index contributed by atoms with van der Waals surface area (Å²) in [5.41, 5.74) is 13.9. The molecule has 0 spiro atoms.